The maximum Gasteiger partial charge on any atom is 0.309 e. The summed E-state index contributed by atoms with van der Waals surface area (Å²) in [6, 6.07) is 7.50. The number of carbonyl (C=O) groups is 2. The van der Waals surface area contributed by atoms with E-state index in [2.05, 4.69) is 10.4 Å². The van der Waals surface area contributed by atoms with Crippen LogP contribution in [0.3, 0.4) is 0 Å². The van der Waals surface area contributed by atoms with Gasteiger partial charge in [0.05, 0.1) is 10.3 Å². The van der Waals surface area contributed by atoms with Crippen LogP contribution in [-0.2, 0) is 4.79 Å². The Hall–Kier alpha value is -3.23. The van der Waals surface area contributed by atoms with Gasteiger partial charge in [-0.15, -0.1) is 0 Å². The molecule has 9 nitrogen and oxygen atoms in total. The number of nitrogens with one attached hydrogen (secondary N) is 1. The molecule has 0 bridgehead atoms. The van der Waals surface area contributed by atoms with Gasteiger partial charge in [0.25, 0.3) is 11.6 Å². The first-order valence-corrected chi connectivity index (χ1v) is 7.53. The SMILES string of the molecule is CC(C)(CCNC(=O)c1ccn(-c2ccccc2[N+](=O)[O-])n1)C(=O)O. The van der Waals surface area contributed by atoms with E-state index in [1.54, 1.807) is 26.0 Å². The van der Waals surface area contributed by atoms with Crippen molar-refractivity contribution in [3.63, 3.8) is 0 Å². The summed E-state index contributed by atoms with van der Waals surface area (Å²) in [5, 5.41) is 26.8. The minimum Gasteiger partial charge on any atom is -0.481 e. The van der Waals surface area contributed by atoms with E-state index >= 15 is 0 Å². The zero-order valence-corrected chi connectivity index (χ0v) is 13.8. The molecule has 1 heterocycles. The Balaban J connectivity index is 2.08. The van der Waals surface area contributed by atoms with Crippen LogP contribution in [0, 0.1) is 15.5 Å². The maximum absolute atomic E-state index is 12.1. The molecule has 9 heteroatoms. The highest BCUT2D eigenvalue weighted by atomic mass is 16.6. The third kappa shape index (κ3) is 4.19. The van der Waals surface area contributed by atoms with E-state index in [9.17, 15) is 19.7 Å². The van der Waals surface area contributed by atoms with E-state index in [0.29, 0.717) is 0 Å². The molecule has 0 aliphatic carbocycles. The Morgan fingerprint density at radius 2 is 2.00 bits per heavy atom. The highest BCUT2D eigenvalue weighted by Gasteiger charge is 2.26. The molecule has 1 amide bonds. The molecule has 0 saturated carbocycles. The predicted molar refractivity (Wildman–Crippen MR) is 88.6 cm³/mol. The van der Waals surface area contributed by atoms with E-state index in [0.717, 1.165) is 0 Å². The fraction of sp³-hybridized carbons (Fsp3) is 0.312. The quantitative estimate of drug-likeness (QED) is 0.583. The number of hydrogen-bond donors (Lipinski definition) is 2. The van der Waals surface area contributed by atoms with Crippen molar-refractivity contribution in [2.24, 2.45) is 5.41 Å². The van der Waals surface area contributed by atoms with Crippen LogP contribution in [0.5, 0.6) is 0 Å². The number of carbonyl (C=O) groups excluding carboxylic acids is 1. The predicted octanol–water partition coefficient (Wildman–Crippen LogP) is 2.01. The zero-order chi connectivity index (χ0) is 18.6. The number of rotatable bonds is 7. The first-order valence-electron chi connectivity index (χ1n) is 7.53. The number of aromatic nitrogens is 2. The number of nitro groups is 1. The molecule has 1 aromatic carbocycles. The molecule has 0 unspecified atom stereocenters. The molecule has 0 aliphatic rings. The molecule has 0 spiro atoms. The summed E-state index contributed by atoms with van der Waals surface area (Å²) in [4.78, 5) is 33.7. The Bertz CT molecular complexity index is 812. The lowest BCUT2D eigenvalue weighted by molar-refractivity contribution is -0.384. The number of carboxylic acid groups (broad SMARTS) is 1. The van der Waals surface area contributed by atoms with Crippen LogP contribution in [0.15, 0.2) is 36.5 Å². The van der Waals surface area contributed by atoms with Crippen LogP contribution in [-0.4, -0.2) is 38.2 Å². The summed E-state index contributed by atoms with van der Waals surface area (Å²) in [5.74, 6) is -1.42. The smallest absolute Gasteiger partial charge is 0.309 e. The lowest BCUT2D eigenvalue weighted by atomic mass is 9.90. The second-order valence-corrected chi connectivity index (χ2v) is 6.09. The number of aliphatic carboxylic acids is 1. The average Bonchev–Trinajstić information content (AvgIpc) is 3.04. The average molecular weight is 346 g/mol. The summed E-state index contributed by atoms with van der Waals surface area (Å²) in [7, 11) is 0. The second kappa shape index (κ2) is 7.12. The molecule has 2 rings (SSSR count). The number of hydrogen-bond acceptors (Lipinski definition) is 5. The third-order valence-corrected chi connectivity index (χ3v) is 3.76. The molecular weight excluding hydrogens is 328 g/mol. The molecule has 25 heavy (non-hydrogen) atoms. The summed E-state index contributed by atoms with van der Waals surface area (Å²) in [5.41, 5.74) is -0.734. The minimum absolute atomic E-state index is 0.0892. The number of carboxylic acids is 1. The highest BCUT2D eigenvalue weighted by molar-refractivity contribution is 5.92. The first-order chi connectivity index (χ1) is 11.7. The topological polar surface area (TPSA) is 127 Å². The van der Waals surface area contributed by atoms with Crippen molar-refractivity contribution in [3.05, 3.63) is 52.3 Å². The van der Waals surface area contributed by atoms with Crippen molar-refractivity contribution < 1.29 is 19.6 Å². The summed E-state index contributed by atoms with van der Waals surface area (Å²) in [6.07, 6.45) is 1.72. The highest BCUT2D eigenvalue weighted by Crippen LogP contribution is 2.22. The van der Waals surface area contributed by atoms with Gasteiger partial charge in [-0.2, -0.15) is 5.10 Å². The Morgan fingerprint density at radius 3 is 2.64 bits per heavy atom. The van der Waals surface area contributed by atoms with Gasteiger partial charge in [0.15, 0.2) is 5.69 Å². The molecule has 1 aromatic heterocycles. The van der Waals surface area contributed by atoms with E-state index in [-0.39, 0.29) is 30.0 Å². The van der Waals surface area contributed by atoms with Crippen molar-refractivity contribution in [1.29, 1.82) is 0 Å². The number of para-hydroxylation sites is 2. The number of amides is 1. The van der Waals surface area contributed by atoms with Crippen LogP contribution in [0.4, 0.5) is 5.69 Å². The van der Waals surface area contributed by atoms with E-state index in [1.807, 2.05) is 0 Å². The molecule has 2 aromatic rings. The molecular formula is C16H18N4O5. The van der Waals surface area contributed by atoms with Gasteiger partial charge in [-0.05, 0) is 32.4 Å². The summed E-state index contributed by atoms with van der Waals surface area (Å²) in [6.45, 7) is 3.33. The standard InChI is InChI=1S/C16H18N4O5/c1-16(2,15(22)23)8-9-17-14(21)11-7-10-19(18-11)12-5-3-4-6-13(12)20(24)25/h3-7,10H,8-9H2,1-2H3,(H,17,21)(H,22,23). The van der Waals surface area contributed by atoms with Crippen molar-refractivity contribution >= 4 is 17.6 Å². The fourth-order valence-electron chi connectivity index (χ4n) is 2.08. The molecule has 0 fully saturated rings. The zero-order valence-electron chi connectivity index (χ0n) is 13.8. The van der Waals surface area contributed by atoms with Crippen LogP contribution in [0.1, 0.15) is 30.8 Å². The van der Waals surface area contributed by atoms with E-state index < -0.39 is 22.2 Å². The Kier molecular flexibility index (Phi) is 5.16. The number of nitro benzene ring substituents is 1. The molecule has 0 atom stereocenters. The third-order valence-electron chi connectivity index (χ3n) is 3.76. The van der Waals surface area contributed by atoms with Gasteiger partial charge in [-0.3, -0.25) is 19.7 Å². The Labute approximate surface area is 143 Å². The summed E-state index contributed by atoms with van der Waals surface area (Å²) < 4.78 is 1.26. The summed E-state index contributed by atoms with van der Waals surface area (Å²) >= 11 is 0. The second-order valence-electron chi connectivity index (χ2n) is 6.09. The van der Waals surface area contributed by atoms with Gasteiger partial charge in [0.2, 0.25) is 0 Å². The van der Waals surface area contributed by atoms with E-state index in [4.69, 9.17) is 5.11 Å². The van der Waals surface area contributed by atoms with Gasteiger partial charge >= 0.3 is 5.97 Å². The number of benzene rings is 1. The molecule has 0 saturated heterocycles. The maximum atomic E-state index is 12.1. The van der Waals surface area contributed by atoms with Crippen LogP contribution in [0.25, 0.3) is 5.69 Å². The van der Waals surface area contributed by atoms with Gasteiger partial charge in [-0.1, -0.05) is 12.1 Å². The van der Waals surface area contributed by atoms with Crippen LogP contribution >= 0.6 is 0 Å². The van der Waals surface area contributed by atoms with Crippen LogP contribution < -0.4 is 5.32 Å². The monoisotopic (exact) mass is 346 g/mol. The van der Waals surface area contributed by atoms with Crippen LogP contribution in [0.2, 0.25) is 0 Å². The molecule has 132 valence electrons. The van der Waals surface area contributed by atoms with Gasteiger partial charge in [0.1, 0.15) is 5.69 Å². The van der Waals surface area contributed by atoms with E-state index in [1.165, 1.54) is 29.1 Å². The molecule has 0 aliphatic heterocycles. The molecule has 2 N–H and O–H groups in total. The minimum atomic E-state index is -0.947. The van der Waals surface area contributed by atoms with Gasteiger partial charge in [0, 0.05) is 18.8 Å². The Morgan fingerprint density at radius 1 is 1.32 bits per heavy atom. The van der Waals surface area contributed by atoms with Gasteiger partial charge in [-0.25, -0.2) is 4.68 Å². The van der Waals surface area contributed by atoms with Crippen molar-refractivity contribution in [2.75, 3.05) is 6.54 Å². The van der Waals surface area contributed by atoms with Crippen molar-refractivity contribution in [2.45, 2.75) is 20.3 Å². The largest absolute Gasteiger partial charge is 0.481 e. The van der Waals surface area contributed by atoms with Crippen molar-refractivity contribution in [3.8, 4) is 5.69 Å². The fourth-order valence-corrected chi connectivity index (χ4v) is 2.08. The van der Waals surface area contributed by atoms with Crippen molar-refractivity contribution in [1.82, 2.24) is 15.1 Å². The lowest BCUT2D eigenvalue weighted by Gasteiger charge is -2.18. The molecule has 0 radical (unpaired) electrons. The normalized spacial score (nSPS) is 11.1. The number of nitrogens with zero attached hydrogens (tertiary/aromatic N) is 3. The first kappa shape index (κ1) is 18.1. The van der Waals surface area contributed by atoms with Gasteiger partial charge < -0.3 is 10.4 Å². The lowest BCUT2D eigenvalue weighted by Crippen LogP contribution is -2.32.